The number of benzene rings is 1. The summed E-state index contributed by atoms with van der Waals surface area (Å²) in [6.45, 7) is 6.69. The van der Waals surface area contributed by atoms with Crippen LogP contribution in [0.25, 0.3) is 0 Å². The molecule has 0 saturated heterocycles. The molecule has 4 nitrogen and oxygen atoms in total. The van der Waals surface area contributed by atoms with Crippen LogP contribution in [-0.4, -0.2) is 21.5 Å². The predicted octanol–water partition coefficient (Wildman–Crippen LogP) is 2.10. The molecule has 1 aliphatic rings. The highest BCUT2D eigenvalue weighted by atomic mass is 32.2. The summed E-state index contributed by atoms with van der Waals surface area (Å²) in [4.78, 5) is 0.410. The van der Waals surface area contributed by atoms with E-state index in [0.29, 0.717) is 17.4 Å². The lowest BCUT2D eigenvalue weighted by Gasteiger charge is -2.33. The molecule has 0 amide bonds. The van der Waals surface area contributed by atoms with Crippen LogP contribution in [0.4, 0.5) is 0 Å². The van der Waals surface area contributed by atoms with Gasteiger partial charge >= 0.3 is 0 Å². The first kappa shape index (κ1) is 15.5. The Balaban J connectivity index is 2.28. The maximum atomic E-state index is 12.5. The van der Waals surface area contributed by atoms with Crippen LogP contribution < -0.4 is 10.0 Å². The first-order valence-corrected chi connectivity index (χ1v) is 8.59. The van der Waals surface area contributed by atoms with E-state index in [0.717, 1.165) is 29.5 Å². The first-order chi connectivity index (χ1) is 9.33. The van der Waals surface area contributed by atoms with Crippen molar-refractivity contribution in [3.63, 3.8) is 0 Å². The third-order valence-corrected chi connectivity index (χ3v) is 5.65. The van der Waals surface area contributed by atoms with Crippen molar-refractivity contribution >= 4 is 10.0 Å². The summed E-state index contributed by atoms with van der Waals surface area (Å²) in [6.07, 6.45) is 1.88. The Kier molecular flexibility index (Phi) is 4.52. The Bertz CT molecular complexity index is 590. The molecule has 1 aliphatic carbocycles. The van der Waals surface area contributed by atoms with Crippen LogP contribution in [0.5, 0.6) is 0 Å². The van der Waals surface area contributed by atoms with Gasteiger partial charge in [0.1, 0.15) is 0 Å². The van der Waals surface area contributed by atoms with Gasteiger partial charge in [0.15, 0.2) is 0 Å². The van der Waals surface area contributed by atoms with Crippen molar-refractivity contribution in [3.05, 3.63) is 28.8 Å². The van der Waals surface area contributed by atoms with Crippen molar-refractivity contribution in [1.29, 1.82) is 0 Å². The van der Waals surface area contributed by atoms with Crippen molar-refractivity contribution < 1.29 is 8.42 Å². The maximum absolute atomic E-state index is 12.5. The van der Waals surface area contributed by atoms with Crippen molar-refractivity contribution in [2.24, 2.45) is 5.92 Å². The third kappa shape index (κ3) is 3.22. The molecule has 1 saturated carbocycles. The number of sulfonamides is 1. The van der Waals surface area contributed by atoms with Crippen LogP contribution in [-0.2, 0) is 16.6 Å². The van der Waals surface area contributed by atoms with Crippen LogP contribution >= 0.6 is 0 Å². The molecule has 0 spiro atoms. The average molecular weight is 296 g/mol. The second kappa shape index (κ2) is 5.84. The molecular weight excluding hydrogens is 272 g/mol. The summed E-state index contributed by atoms with van der Waals surface area (Å²) >= 11 is 0. The molecule has 2 N–H and O–H groups in total. The largest absolute Gasteiger partial charge is 0.316 e. The minimum absolute atomic E-state index is 0.100. The summed E-state index contributed by atoms with van der Waals surface area (Å²) in [7, 11) is -1.55. The highest BCUT2D eigenvalue weighted by Crippen LogP contribution is 2.29. The lowest BCUT2D eigenvalue weighted by molar-refractivity contribution is 0.270. The normalized spacial score (nSPS) is 22.6. The van der Waals surface area contributed by atoms with Crippen LogP contribution in [0.15, 0.2) is 17.0 Å². The number of aryl methyl sites for hydroxylation is 2. The number of rotatable bonds is 5. The molecule has 5 heteroatoms. The Morgan fingerprint density at radius 1 is 1.20 bits per heavy atom. The van der Waals surface area contributed by atoms with E-state index in [1.165, 1.54) is 0 Å². The topological polar surface area (TPSA) is 58.2 Å². The molecule has 1 fully saturated rings. The molecule has 0 atom stereocenters. The van der Waals surface area contributed by atoms with Gasteiger partial charge in [0.2, 0.25) is 10.0 Å². The van der Waals surface area contributed by atoms with Crippen molar-refractivity contribution in [2.75, 3.05) is 7.05 Å². The molecule has 0 unspecified atom stereocenters. The second-order valence-electron chi connectivity index (χ2n) is 5.97. The Hall–Kier alpha value is -0.910. The molecule has 0 bridgehead atoms. The molecule has 20 heavy (non-hydrogen) atoms. The second-order valence-corrected chi connectivity index (χ2v) is 7.65. The van der Waals surface area contributed by atoms with Gasteiger partial charge in [-0.25, -0.2) is 13.1 Å². The van der Waals surface area contributed by atoms with E-state index in [1.54, 1.807) is 6.07 Å². The first-order valence-electron chi connectivity index (χ1n) is 7.10. The molecule has 2 rings (SSSR count). The third-order valence-electron chi connectivity index (χ3n) is 3.99. The van der Waals surface area contributed by atoms with Gasteiger partial charge in [0.25, 0.3) is 0 Å². The minimum atomic E-state index is -3.41. The zero-order valence-corrected chi connectivity index (χ0v) is 13.5. The Morgan fingerprint density at radius 2 is 1.85 bits per heavy atom. The van der Waals surface area contributed by atoms with Crippen LogP contribution in [0.2, 0.25) is 0 Å². The summed E-state index contributed by atoms with van der Waals surface area (Å²) in [5, 5.41) is 3.08. The zero-order chi connectivity index (χ0) is 14.9. The Morgan fingerprint density at radius 3 is 2.40 bits per heavy atom. The van der Waals surface area contributed by atoms with Gasteiger partial charge in [0.05, 0.1) is 4.90 Å². The molecule has 0 radical (unpaired) electrons. The van der Waals surface area contributed by atoms with Gasteiger partial charge in [-0.05, 0) is 62.4 Å². The molecule has 1 aromatic rings. The number of hydrogen-bond donors (Lipinski definition) is 2. The van der Waals surface area contributed by atoms with Gasteiger partial charge in [-0.3, -0.25) is 0 Å². The minimum Gasteiger partial charge on any atom is -0.316 e. The Labute approximate surface area is 122 Å². The van der Waals surface area contributed by atoms with E-state index in [4.69, 9.17) is 0 Å². The SMILES string of the molecule is CNCc1cc(S(=O)(=O)NC2CC(C)C2)c(C)cc1C. The summed E-state index contributed by atoms with van der Waals surface area (Å²) in [5.74, 6) is 0.627. The fraction of sp³-hybridized carbons (Fsp3) is 0.600. The molecule has 1 aromatic carbocycles. The lowest BCUT2D eigenvalue weighted by Crippen LogP contribution is -2.43. The predicted molar refractivity (Wildman–Crippen MR) is 81.2 cm³/mol. The molecule has 0 aromatic heterocycles. The molecule has 0 heterocycles. The van der Waals surface area contributed by atoms with Gasteiger partial charge < -0.3 is 5.32 Å². The maximum Gasteiger partial charge on any atom is 0.241 e. The van der Waals surface area contributed by atoms with E-state index in [9.17, 15) is 8.42 Å². The van der Waals surface area contributed by atoms with Gasteiger partial charge in [0, 0.05) is 12.6 Å². The van der Waals surface area contributed by atoms with Crippen molar-refractivity contribution in [2.45, 2.75) is 51.1 Å². The highest BCUT2D eigenvalue weighted by Gasteiger charge is 2.30. The quantitative estimate of drug-likeness (QED) is 0.875. The fourth-order valence-corrected chi connectivity index (χ4v) is 4.36. The summed E-state index contributed by atoms with van der Waals surface area (Å²) in [5.41, 5.74) is 2.95. The van der Waals surface area contributed by atoms with Crippen molar-refractivity contribution in [3.8, 4) is 0 Å². The lowest BCUT2D eigenvalue weighted by atomic mass is 9.83. The van der Waals surface area contributed by atoms with Crippen molar-refractivity contribution in [1.82, 2.24) is 10.0 Å². The number of hydrogen-bond acceptors (Lipinski definition) is 3. The fourth-order valence-electron chi connectivity index (χ4n) is 2.83. The van der Waals surface area contributed by atoms with Gasteiger partial charge in [-0.1, -0.05) is 13.0 Å². The smallest absolute Gasteiger partial charge is 0.241 e. The van der Waals surface area contributed by atoms with Crippen LogP contribution in [0, 0.1) is 19.8 Å². The molecular formula is C15H24N2O2S. The van der Waals surface area contributed by atoms with Crippen LogP contribution in [0.3, 0.4) is 0 Å². The highest BCUT2D eigenvalue weighted by molar-refractivity contribution is 7.89. The van der Waals surface area contributed by atoms with E-state index in [1.807, 2.05) is 27.0 Å². The molecule has 112 valence electrons. The standard InChI is InChI=1S/C15H24N2O2S/c1-10-5-14(6-10)17-20(18,19)15-8-13(9-16-4)11(2)7-12(15)3/h7-8,10,14,16-17H,5-6,9H2,1-4H3. The van der Waals surface area contributed by atoms with E-state index in [2.05, 4.69) is 17.0 Å². The van der Waals surface area contributed by atoms with E-state index in [-0.39, 0.29) is 6.04 Å². The van der Waals surface area contributed by atoms with Gasteiger partial charge in [-0.15, -0.1) is 0 Å². The monoisotopic (exact) mass is 296 g/mol. The zero-order valence-electron chi connectivity index (χ0n) is 12.7. The van der Waals surface area contributed by atoms with E-state index >= 15 is 0 Å². The number of nitrogens with one attached hydrogen (secondary N) is 2. The average Bonchev–Trinajstić information content (AvgIpc) is 2.30. The summed E-state index contributed by atoms with van der Waals surface area (Å²) < 4.78 is 27.8. The summed E-state index contributed by atoms with van der Waals surface area (Å²) in [6, 6.07) is 3.85. The van der Waals surface area contributed by atoms with E-state index < -0.39 is 10.0 Å². The molecule has 0 aliphatic heterocycles. The van der Waals surface area contributed by atoms with Crippen LogP contribution in [0.1, 0.15) is 36.5 Å². The van der Waals surface area contributed by atoms with Gasteiger partial charge in [-0.2, -0.15) is 0 Å².